The van der Waals surface area contributed by atoms with Gasteiger partial charge in [0.2, 0.25) is 5.75 Å². The molecule has 0 spiro atoms. The van der Waals surface area contributed by atoms with Crippen molar-refractivity contribution in [2.75, 3.05) is 19.1 Å². The summed E-state index contributed by atoms with van der Waals surface area (Å²) >= 11 is 0. The summed E-state index contributed by atoms with van der Waals surface area (Å²) in [5, 5.41) is 25.8. The van der Waals surface area contributed by atoms with E-state index in [0.29, 0.717) is 11.3 Å². The molecule has 2 aromatic rings. The number of nitro benzene ring substituents is 2. The largest absolute Gasteiger partial charge is 0.493 e. The third-order valence-electron chi connectivity index (χ3n) is 3.25. The van der Waals surface area contributed by atoms with Gasteiger partial charge in [-0.2, -0.15) is 5.10 Å². The fourth-order valence-electron chi connectivity index (χ4n) is 2.10. The quantitative estimate of drug-likeness (QED) is 0.434. The van der Waals surface area contributed by atoms with Gasteiger partial charge in [0, 0.05) is 23.8 Å². The van der Waals surface area contributed by atoms with Gasteiger partial charge in [-0.25, -0.2) is 0 Å². The van der Waals surface area contributed by atoms with Crippen LogP contribution in [0.25, 0.3) is 0 Å². The molecule has 0 fully saturated rings. The molecule has 0 aliphatic heterocycles. The highest BCUT2D eigenvalue weighted by Gasteiger charge is 2.21. The van der Waals surface area contributed by atoms with Gasteiger partial charge in [-0.3, -0.25) is 25.7 Å². The Morgan fingerprint density at radius 3 is 2.38 bits per heavy atom. The van der Waals surface area contributed by atoms with E-state index in [9.17, 15) is 20.2 Å². The van der Waals surface area contributed by atoms with E-state index < -0.39 is 9.85 Å². The van der Waals surface area contributed by atoms with Crippen LogP contribution in [0.4, 0.5) is 17.1 Å². The Balaban J connectivity index is 2.22. The highest BCUT2D eigenvalue weighted by atomic mass is 16.6. The predicted octanol–water partition coefficient (Wildman–Crippen LogP) is 3.36. The number of benzene rings is 2. The summed E-state index contributed by atoms with van der Waals surface area (Å²) in [5.41, 5.74) is 3.37. The maximum atomic E-state index is 11.3. The summed E-state index contributed by atoms with van der Waals surface area (Å²) in [7, 11) is 1.39. The monoisotopic (exact) mass is 360 g/mol. The zero-order chi connectivity index (χ0) is 19.1. The van der Waals surface area contributed by atoms with E-state index in [1.807, 2.05) is 0 Å². The molecule has 0 aliphatic carbocycles. The number of rotatable bonds is 8. The zero-order valence-corrected chi connectivity index (χ0v) is 14.0. The maximum Gasteiger partial charge on any atom is 0.315 e. The summed E-state index contributed by atoms with van der Waals surface area (Å²) in [6.45, 7) is 1.97. The zero-order valence-electron chi connectivity index (χ0n) is 14.0. The third kappa shape index (κ3) is 4.44. The van der Waals surface area contributed by atoms with E-state index in [4.69, 9.17) is 9.47 Å². The third-order valence-corrected chi connectivity index (χ3v) is 3.25. The second-order valence-electron chi connectivity index (χ2n) is 4.94. The smallest absolute Gasteiger partial charge is 0.315 e. The van der Waals surface area contributed by atoms with Crippen LogP contribution in [0.5, 0.6) is 11.5 Å². The molecule has 136 valence electrons. The van der Waals surface area contributed by atoms with Gasteiger partial charge in [-0.05, 0) is 25.1 Å². The fraction of sp³-hybridized carbons (Fsp3) is 0.188. The molecule has 0 amide bonds. The molecule has 0 saturated carbocycles. The van der Waals surface area contributed by atoms with E-state index in [2.05, 4.69) is 10.5 Å². The minimum absolute atomic E-state index is 0.0357. The molecule has 26 heavy (non-hydrogen) atoms. The van der Waals surface area contributed by atoms with Crippen molar-refractivity contribution >= 4 is 23.3 Å². The predicted molar refractivity (Wildman–Crippen MR) is 95.1 cm³/mol. The van der Waals surface area contributed by atoms with Crippen molar-refractivity contribution in [3.8, 4) is 11.5 Å². The lowest BCUT2D eigenvalue weighted by Crippen LogP contribution is -2.02. The molecule has 1 N–H and O–H groups in total. The van der Waals surface area contributed by atoms with Crippen molar-refractivity contribution in [2.24, 2.45) is 5.10 Å². The topological polar surface area (TPSA) is 129 Å². The van der Waals surface area contributed by atoms with Crippen molar-refractivity contribution in [2.45, 2.75) is 6.92 Å². The van der Waals surface area contributed by atoms with Crippen molar-refractivity contribution in [3.05, 3.63) is 62.2 Å². The van der Waals surface area contributed by atoms with Crippen LogP contribution >= 0.6 is 0 Å². The number of nitrogens with zero attached hydrogens (tertiary/aromatic N) is 3. The fourth-order valence-corrected chi connectivity index (χ4v) is 2.10. The van der Waals surface area contributed by atoms with Crippen molar-refractivity contribution in [1.29, 1.82) is 0 Å². The van der Waals surface area contributed by atoms with Gasteiger partial charge < -0.3 is 9.47 Å². The van der Waals surface area contributed by atoms with Gasteiger partial charge in [0.25, 0.3) is 5.69 Å². The molecular weight excluding hydrogens is 344 g/mol. The molecule has 0 aromatic heterocycles. The molecule has 0 bridgehead atoms. The van der Waals surface area contributed by atoms with Gasteiger partial charge >= 0.3 is 5.69 Å². The Labute approximate surface area is 148 Å². The molecule has 2 rings (SSSR count). The van der Waals surface area contributed by atoms with E-state index in [0.717, 1.165) is 0 Å². The molecule has 0 atom stereocenters. The SMILES string of the molecule is CCOc1c(OC)cc(/C=N/Nc2ccc([N+](=O)[O-])cc2)cc1[N+](=O)[O-]. The van der Waals surface area contributed by atoms with Crippen LogP contribution in [0, 0.1) is 20.2 Å². The highest BCUT2D eigenvalue weighted by Crippen LogP contribution is 2.37. The van der Waals surface area contributed by atoms with Gasteiger partial charge in [0.15, 0.2) is 5.75 Å². The van der Waals surface area contributed by atoms with Crippen molar-refractivity contribution in [3.63, 3.8) is 0 Å². The lowest BCUT2D eigenvalue weighted by Gasteiger charge is -2.10. The molecule has 0 unspecified atom stereocenters. The average Bonchev–Trinajstić information content (AvgIpc) is 2.62. The van der Waals surface area contributed by atoms with Gasteiger partial charge in [-0.15, -0.1) is 0 Å². The van der Waals surface area contributed by atoms with Gasteiger partial charge in [-0.1, -0.05) is 0 Å². The van der Waals surface area contributed by atoms with Crippen LogP contribution in [0.1, 0.15) is 12.5 Å². The number of ether oxygens (including phenoxy) is 2. The van der Waals surface area contributed by atoms with Crippen LogP contribution in [-0.4, -0.2) is 29.8 Å². The molecule has 0 aliphatic rings. The number of nitrogens with one attached hydrogen (secondary N) is 1. The summed E-state index contributed by atoms with van der Waals surface area (Å²) in [6.07, 6.45) is 1.37. The lowest BCUT2D eigenvalue weighted by atomic mass is 10.2. The molecule has 0 saturated heterocycles. The minimum Gasteiger partial charge on any atom is -0.493 e. The molecule has 10 nitrogen and oxygen atoms in total. The van der Waals surface area contributed by atoms with Crippen LogP contribution < -0.4 is 14.9 Å². The van der Waals surface area contributed by atoms with Crippen molar-refractivity contribution in [1.82, 2.24) is 0 Å². The number of methoxy groups -OCH3 is 1. The molecule has 2 aromatic carbocycles. The van der Waals surface area contributed by atoms with Crippen LogP contribution in [0.2, 0.25) is 0 Å². The lowest BCUT2D eigenvalue weighted by molar-refractivity contribution is -0.386. The van der Waals surface area contributed by atoms with Gasteiger partial charge in [0.05, 0.1) is 35.5 Å². The summed E-state index contributed by atoms with van der Waals surface area (Å²) in [5.74, 6) is 0.276. The normalized spacial score (nSPS) is 10.5. The molecule has 10 heteroatoms. The average molecular weight is 360 g/mol. The Morgan fingerprint density at radius 2 is 1.85 bits per heavy atom. The van der Waals surface area contributed by atoms with E-state index >= 15 is 0 Å². The number of non-ortho nitro benzene ring substituents is 1. The second-order valence-corrected chi connectivity index (χ2v) is 4.94. The highest BCUT2D eigenvalue weighted by molar-refractivity contribution is 5.83. The molecular formula is C16H16N4O6. The number of anilines is 1. The minimum atomic E-state index is -0.561. The van der Waals surface area contributed by atoms with Crippen LogP contribution in [0.15, 0.2) is 41.5 Å². The number of hydrogen-bond acceptors (Lipinski definition) is 8. The summed E-state index contributed by atoms with van der Waals surface area (Å²) in [6, 6.07) is 8.53. The number of hydrazone groups is 1. The van der Waals surface area contributed by atoms with Crippen LogP contribution in [0.3, 0.4) is 0 Å². The van der Waals surface area contributed by atoms with E-state index in [1.54, 1.807) is 13.0 Å². The Kier molecular flexibility index (Phi) is 6.04. The maximum absolute atomic E-state index is 11.3. The van der Waals surface area contributed by atoms with E-state index in [1.165, 1.54) is 43.7 Å². The van der Waals surface area contributed by atoms with Crippen molar-refractivity contribution < 1.29 is 19.3 Å². The second kappa shape index (κ2) is 8.42. The first-order valence-corrected chi connectivity index (χ1v) is 7.49. The Morgan fingerprint density at radius 1 is 1.15 bits per heavy atom. The summed E-state index contributed by atoms with van der Waals surface area (Å²) < 4.78 is 10.5. The van der Waals surface area contributed by atoms with E-state index in [-0.39, 0.29) is 29.5 Å². The standard InChI is InChI=1S/C16H16N4O6/c1-3-26-16-14(20(23)24)8-11(9-15(16)25-2)10-17-18-12-4-6-13(7-5-12)19(21)22/h4-10,18H,3H2,1-2H3/b17-10+. The first-order valence-electron chi connectivity index (χ1n) is 7.49. The van der Waals surface area contributed by atoms with Crippen LogP contribution in [-0.2, 0) is 0 Å². The summed E-state index contributed by atoms with van der Waals surface area (Å²) in [4.78, 5) is 20.8. The molecule has 0 heterocycles. The first kappa shape index (κ1) is 18.6. The first-order chi connectivity index (χ1) is 12.5. The molecule has 0 radical (unpaired) electrons. The van der Waals surface area contributed by atoms with Gasteiger partial charge in [0.1, 0.15) is 0 Å². The Bertz CT molecular complexity index is 835. The number of nitro groups is 2. The Hall–Kier alpha value is -3.69. The number of hydrogen-bond donors (Lipinski definition) is 1.